The number of nitrogens with one attached hydrogen (secondary N) is 2. The topological polar surface area (TPSA) is 104 Å². The first-order chi connectivity index (χ1) is 15.9. The number of thiazole rings is 1. The Kier molecular flexibility index (Phi) is 6.04. The number of nitrogens with zero attached hydrogens (tertiary/aromatic N) is 3. The van der Waals surface area contributed by atoms with Crippen molar-refractivity contribution in [3.8, 4) is 11.3 Å². The number of Topliss-reactive ketones (excluding diaryl/α,β-unsaturated/α-hetero) is 1. The van der Waals surface area contributed by atoms with Crippen molar-refractivity contribution in [3.05, 3.63) is 57.1 Å². The van der Waals surface area contributed by atoms with Crippen molar-refractivity contribution in [1.82, 2.24) is 14.8 Å². The summed E-state index contributed by atoms with van der Waals surface area (Å²) in [6, 6.07) is 0.695. The number of anilines is 1. The van der Waals surface area contributed by atoms with Crippen LogP contribution in [0.1, 0.15) is 47.2 Å². The SMILES string of the molecule is CC1C(=O)c2c(nn(C)c2CC(=O)Nc2nc(-c3cc(F)cc(C(F)(F)F)c3)cs2)C(C)[NH+]1[O-]. The summed E-state index contributed by atoms with van der Waals surface area (Å²) in [7, 11) is 1.57. The fraction of sp³-hybridized carbons (Fsp3) is 0.333. The van der Waals surface area contributed by atoms with Crippen molar-refractivity contribution >= 4 is 28.2 Å². The number of aryl methyl sites for hydroxylation is 1. The number of hydroxylamine groups is 2. The predicted octanol–water partition coefficient (Wildman–Crippen LogP) is 2.91. The molecule has 1 aliphatic heterocycles. The highest BCUT2D eigenvalue weighted by Crippen LogP contribution is 2.34. The Balaban J connectivity index is 1.54. The van der Waals surface area contributed by atoms with Crippen LogP contribution in [-0.4, -0.2) is 32.5 Å². The molecule has 0 aliphatic carbocycles. The molecule has 0 spiro atoms. The van der Waals surface area contributed by atoms with E-state index in [0.29, 0.717) is 17.5 Å². The van der Waals surface area contributed by atoms with Crippen molar-refractivity contribution < 1.29 is 32.2 Å². The molecule has 1 aliphatic rings. The number of halogens is 4. The molecule has 0 bridgehead atoms. The quantitative estimate of drug-likeness (QED) is 0.426. The lowest BCUT2D eigenvalue weighted by molar-refractivity contribution is -0.895. The maximum atomic E-state index is 13.7. The van der Waals surface area contributed by atoms with Gasteiger partial charge in [-0.25, -0.2) is 9.37 Å². The van der Waals surface area contributed by atoms with E-state index in [4.69, 9.17) is 0 Å². The summed E-state index contributed by atoms with van der Waals surface area (Å²) in [4.78, 5) is 29.5. The van der Waals surface area contributed by atoms with Crippen molar-refractivity contribution in [2.75, 3.05) is 5.32 Å². The number of carbonyl (C=O) groups excluding carboxylic acids is 2. The zero-order valence-electron chi connectivity index (χ0n) is 18.2. The van der Waals surface area contributed by atoms with Gasteiger partial charge in [0.25, 0.3) is 0 Å². The second-order valence-electron chi connectivity index (χ2n) is 8.03. The Morgan fingerprint density at radius 2 is 1.97 bits per heavy atom. The summed E-state index contributed by atoms with van der Waals surface area (Å²) in [6.07, 6.45) is -4.95. The molecule has 2 aromatic heterocycles. The second kappa shape index (κ2) is 8.56. The van der Waals surface area contributed by atoms with Crippen molar-refractivity contribution in [2.24, 2.45) is 7.05 Å². The van der Waals surface area contributed by atoms with Crippen LogP contribution in [0.4, 0.5) is 22.7 Å². The average molecular weight is 497 g/mol. The van der Waals surface area contributed by atoms with Crippen molar-refractivity contribution in [3.63, 3.8) is 0 Å². The van der Waals surface area contributed by atoms with Gasteiger partial charge in [0.15, 0.2) is 5.13 Å². The van der Waals surface area contributed by atoms with Crippen LogP contribution < -0.4 is 10.4 Å². The molecule has 4 rings (SSSR count). The summed E-state index contributed by atoms with van der Waals surface area (Å²) < 4.78 is 54.0. The smallest absolute Gasteiger partial charge is 0.416 e. The summed E-state index contributed by atoms with van der Waals surface area (Å²) >= 11 is 0.958. The number of benzene rings is 1. The van der Waals surface area contributed by atoms with Gasteiger partial charge in [-0.3, -0.25) is 14.3 Å². The van der Waals surface area contributed by atoms with E-state index in [9.17, 15) is 32.4 Å². The minimum atomic E-state index is -4.72. The number of hydrogen-bond acceptors (Lipinski definition) is 6. The van der Waals surface area contributed by atoms with E-state index in [1.165, 1.54) is 17.0 Å². The van der Waals surface area contributed by atoms with Crippen LogP contribution in [0, 0.1) is 11.0 Å². The first-order valence-corrected chi connectivity index (χ1v) is 11.0. The molecule has 3 unspecified atom stereocenters. The van der Waals surface area contributed by atoms with E-state index in [1.807, 2.05) is 0 Å². The minimum absolute atomic E-state index is 0.0690. The molecular formula is C21H19F4N5O3S. The van der Waals surface area contributed by atoms with E-state index in [-0.39, 0.29) is 33.4 Å². The second-order valence-corrected chi connectivity index (χ2v) is 8.89. The lowest BCUT2D eigenvalue weighted by atomic mass is 9.93. The number of aromatic nitrogens is 3. The van der Waals surface area contributed by atoms with Crippen LogP contribution in [0.5, 0.6) is 0 Å². The number of amides is 1. The first kappa shape index (κ1) is 24.0. The highest BCUT2D eigenvalue weighted by molar-refractivity contribution is 7.14. The number of hydrogen-bond donors (Lipinski definition) is 2. The Morgan fingerprint density at radius 1 is 1.26 bits per heavy atom. The van der Waals surface area contributed by atoms with Crippen molar-refractivity contribution in [2.45, 2.75) is 38.5 Å². The van der Waals surface area contributed by atoms with Crippen LogP contribution in [0.25, 0.3) is 11.3 Å². The molecule has 0 radical (unpaired) electrons. The Bertz CT molecular complexity index is 1290. The van der Waals surface area contributed by atoms with Crippen LogP contribution in [-0.2, 0) is 24.4 Å². The van der Waals surface area contributed by atoms with Crippen LogP contribution >= 0.6 is 11.3 Å². The van der Waals surface area contributed by atoms with Crippen LogP contribution in [0.15, 0.2) is 23.6 Å². The van der Waals surface area contributed by atoms with Gasteiger partial charge >= 0.3 is 6.18 Å². The van der Waals surface area contributed by atoms with E-state index < -0.39 is 41.3 Å². The number of carbonyl (C=O) groups is 2. The Hall–Kier alpha value is -3.16. The van der Waals surface area contributed by atoms with E-state index in [0.717, 1.165) is 23.5 Å². The van der Waals surface area contributed by atoms with Gasteiger partial charge in [0.05, 0.1) is 28.9 Å². The third-order valence-electron chi connectivity index (χ3n) is 5.70. The van der Waals surface area contributed by atoms with Gasteiger partial charge in [-0.1, -0.05) is 0 Å². The average Bonchev–Trinajstić information content (AvgIpc) is 3.34. The third-order valence-corrected chi connectivity index (χ3v) is 6.45. The molecule has 34 heavy (non-hydrogen) atoms. The van der Waals surface area contributed by atoms with Gasteiger partial charge < -0.3 is 15.6 Å². The highest BCUT2D eigenvalue weighted by atomic mass is 32.1. The summed E-state index contributed by atoms with van der Waals surface area (Å²) in [6.45, 7) is 3.18. The fourth-order valence-corrected chi connectivity index (χ4v) is 4.63. The first-order valence-electron chi connectivity index (χ1n) is 10.1. The normalized spacial score (nSPS) is 20.4. The maximum Gasteiger partial charge on any atom is 0.416 e. The molecule has 0 fully saturated rings. The lowest BCUT2D eigenvalue weighted by Gasteiger charge is -2.36. The molecule has 2 N–H and O–H groups in total. The molecule has 13 heteroatoms. The van der Waals surface area contributed by atoms with Crippen LogP contribution in [0.2, 0.25) is 0 Å². The molecule has 1 aromatic carbocycles. The zero-order chi connectivity index (χ0) is 24.9. The predicted molar refractivity (Wildman–Crippen MR) is 115 cm³/mol. The monoisotopic (exact) mass is 497 g/mol. The molecule has 3 heterocycles. The maximum absolute atomic E-state index is 13.7. The Morgan fingerprint density at radius 3 is 2.65 bits per heavy atom. The van der Waals surface area contributed by atoms with E-state index in [1.54, 1.807) is 14.0 Å². The number of ketones is 1. The number of fused-ring (bicyclic) bond motifs is 1. The fourth-order valence-electron chi connectivity index (χ4n) is 3.89. The van der Waals surface area contributed by atoms with Crippen molar-refractivity contribution in [1.29, 1.82) is 0 Å². The molecular weight excluding hydrogens is 478 g/mol. The van der Waals surface area contributed by atoms with Gasteiger partial charge in [-0.2, -0.15) is 18.3 Å². The lowest BCUT2D eigenvalue weighted by Crippen LogP contribution is -3.13. The Labute approximate surface area is 194 Å². The zero-order valence-corrected chi connectivity index (χ0v) is 19.0. The van der Waals surface area contributed by atoms with Gasteiger partial charge in [0, 0.05) is 18.0 Å². The molecule has 3 atom stereocenters. The number of alkyl halides is 3. The standard InChI is InChI=1S/C21H19F4N5O3S/c1-9-18-17(19(32)10(2)30(9)33)15(29(3)28-18)7-16(31)27-20-26-14(8-34-20)11-4-12(21(23,24)25)6-13(22)5-11/h4-6,8-10,30H,7H2,1-3H3,(H,26,27,31). The summed E-state index contributed by atoms with van der Waals surface area (Å²) in [5.74, 6) is -1.99. The van der Waals surface area contributed by atoms with Crippen LogP contribution in [0.3, 0.4) is 0 Å². The largest absolute Gasteiger partial charge is 0.633 e. The third kappa shape index (κ3) is 4.33. The molecule has 1 amide bonds. The highest BCUT2D eigenvalue weighted by Gasteiger charge is 2.40. The molecule has 3 aromatic rings. The molecule has 0 saturated heterocycles. The van der Waals surface area contributed by atoms with Gasteiger partial charge in [0.1, 0.15) is 23.6 Å². The summed E-state index contributed by atoms with van der Waals surface area (Å²) in [5, 5.41) is 20.3. The molecule has 0 saturated carbocycles. The minimum Gasteiger partial charge on any atom is -0.633 e. The number of rotatable bonds is 4. The van der Waals surface area contributed by atoms with Gasteiger partial charge in [0.2, 0.25) is 11.7 Å². The van der Waals surface area contributed by atoms with Gasteiger partial charge in [-0.15, -0.1) is 11.3 Å². The molecule has 180 valence electrons. The van der Waals surface area contributed by atoms with E-state index >= 15 is 0 Å². The summed E-state index contributed by atoms with van der Waals surface area (Å²) in [5.41, 5.74) is -0.213. The van der Waals surface area contributed by atoms with Gasteiger partial charge in [-0.05, 0) is 32.0 Å². The number of quaternary nitrogens is 1. The molecule has 8 nitrogen and oxygen atoms in total. The van der Waals surface area contributed by atoms with E-state index in [2.05, 4.69) is 15.4 Å².